The van der Waals surface area contributed by atoms with Gasteiger partial charge < -0.3 is 10.6 Å². The monoisotopic (exact) mass is 357 g/mol. The van der Waals surface area contributed by atoms with Crippen LogP contribution in [0.15, 0.2) is 4.99 Å². The highest BCUT2D eigenvalue weighted by Gasteiger charge is 2.14. The number of hydrogen-bond acceptors (Lipinski definition) is 4. The largest absolute Gasteiger partial charge is 0.357 e. The zero-order valence-corrected chi connectivity index (χ0v) is 16.5. The van der Waals surface area contributed by atoms with E-state index in [2.05, 4.69) is 34.6 Å². The van der Waals surface area contributed by atoms with Crippen LogP contribution in [0.2, 0.25) is 0 Å². The van der Waals surface area contributed by atoms with Gasteiger partial charge in [0.15, 0.2) is 15.8 Å². The Hall–Kier alpha value is -1.57. The molecule has 1 aromatic rings. The van der Waals surface area contributed by atoms with Crippen molar-refractivity contribution in [3.8, 4) is 0 Å². The maximum absolute atomic E-state index is 11.6. The van der Waals surface area contributed by atoms with Crippen molar-refractivity contribution in [3.63, 3.8) is 0 Å². The average molecular weight is 358 g/mol. The van der Waals surface area contributed by atoms with Crippen LogP contribution in [0.3, 0.4) is 0 Å². The Balaban J connectivity index is 2.70. The van der Waals surface area contributed by atoms with Crippen LogP contribution in [-0.2, 0) is 23.3 Å². The van der Waals surface area contributed by atoms with Gasteiger partial charge in [-0.05, 0) is 39.7 Å². The molecule has 0 fully saturated rings. The van der Waals surface area contributed by atoms with E-state index < -0.39 is 9.84 Å². The molecular formula is C16H31N5O2S. The maximum Gasteiger partial charge on any atom is 0.191 e. The average Bonchev–Trinajstić information content (AvgIpc) is 2.73. The van der Waals surface area contributed by atoms with Gasteiger partial charge in [-0.1, -0.05) is 6.92 Å². The van der Waals surface area contributed by atoms with Gasteiger partial charge in [0.2, 0.25) is 0 Å². The minimum Gasteiger partial charge on any atom is -0.357 e. The predicted octanol–water partition coefficient (Wildman–Crippen LogP) is 0.958. The lowest BCUT2D eigenvalue weighted by atomic mass is 10.1. The minimum atomic E-state index is -2.99. The number of aliphatic imine (C=N–C) groups is 1. The van der Waals surface area contributed by atoms with Crippen molar-refractivity contribution >= 4 is 15.8 Å². The molecule has 2 N–H and O–H groups in total. The fraction of sp³-hybridized carbons (Fsp3) is 0.750. The molecule has 1 aromatic heterocycles. The van der Waals surface area contributed by atoms with Gasteiger partial charge >= 0.3 is 0 Å². The number of aromatic nitrogens is 2. The molecule has 0 saturated carbocycles. The fourth-order valence-corrected chi connectivity index (χ4v) is 3.12. The van der Waals surface area contributed by atoms with Crippen molar-refractivity contribution in [2.45, 2.75) is 47.1 Å². The number of nitrogens with zero attached hydrogens (tertiary/aromatic N) is 3. The van der Waals surface area contributed by atoms with Crippen molar-refractivity contribution in [1.29, 1.82) is 0 Å². The molecule has 8 heteroatoms. The van der Waals surface area contributed by atoms with Crippen molar-refractivity contribution in [3.05, 3.63) is 17.0 Å². The van der Waals surface area contributed by atoms with Crippen molar-refractivity contribution in [2.24, 2.45) is 12.0 Å². The third-order valence-electron chi connectivity index (χ3n) is 4.01. The van der Waals surface area contributed by atoms with E-state index in [0.717, 1.165) is 24.4 Å². The van der Waals surface area contributed by atoms with Gasteiger partial charge in [0.1, 0.15) is 0 Å². The number of hydrogen-bond donors (Lipinski definition) is 2. The summed E-state index contributed by atoms with van der Waals surface area (Å²) in [4.78, 5) is 4.37. The lowest BCUT2D eigenvalue weighted by Crippen LogP contribution is -2.43. The molecule has 1 atom stereocenters. The first-order chi connectivity index (χ1) is 11.2. The second kappa shape index (κ2) is 9.05. The summed E-state index contributed by atoms with van der Waals surface area (Å²) in [6.45, 7) is 10.8. The van der Waals surface area contributed by atoms with E-state index in [1.54, 1.807) is 6.92 Å². The molecule has 7 nitrogen and oxygen atoms in total. The molecular weight excluding hydrogens is 326 g/mol. The van der Waals surface area contributed by atoms with Crippen LogP contribution in [0.4, 0.5) is 0 Å². The summed E-state index contributed by atoms with van der Waals surface area (Å²) < 4.78 is 25.0. The normalized spacial score (nSPS) is 13.8. The van der Waals surface area contributed by atoms with Crippen LogP contribution in [0.1, 0.15) is 37.7 Å². The molecule has 0 bridgehead atoms. The number of aryl methyl sites for hydroxylation is 2. The van der Waals surface area contributed by atoms with Crippen LogP contribution in [0.25, 0.3) is 0 Å². The third-order valence-corrected chi connectivity index (χ3v) is 5.69. The van der Waals surface area contributed by atoms with Crippen molar-refractivity contribution < 1.29 is 8.42 Å². The highest BCUT2D eigenvalue weighted by atomic mass is 32.2. The summed E-state index contributed by atoms with van der Waals surface area (Å²) in [5.74, 6) is 0.882. The van der Waals surface area contributed by atoms with Gasteiger partial charge in [0, 0.05) is 31.1 Å². The van der Waals surface area contributed by atoms with Gasteiger partial charge in [-0.2, -0.15) is 5.10 Å². The summed E-state index contributed by atoms with van der Waals surface area (Å²) in [5.41, 5.74) is 3.44. The zero-order valence-electron chi connectivity index (χ0n) is 15.7. The lowest BCUT2D eigenvalue weighted by Gasteiger charge is -2.18. The molecule has 1 rings (SSSR count). The van der Waals surface area contributed by atoms with Gasteiger partial charge in [-0.3, -0.25) is 9.67 Å². The molecule has 0 radical (unpaired) electrons. The summed E-state index contributed by atoms with van der Waals surface area (Å²) in [5, 5.41) is 10.9. The number of nitrogens with one attached hydrogen (secondary N) is 2. The van der Waals surface area contributed by atoms with E-state index in [1.165, 1.54) is 5.56 Å². The van der Waals surface area contributed by atoms with E-state index in [-0.39, 0.29) is 24.1 Å². The minimum absolute atomic E-state index is 0.0786. The smallest absolute Gasteiger partial charge is 0.191 e. The number of rotatable bonds is 8. The molecule has 24 heavy (non-hydrogen) atoms. The predicted molar refractivity (Wildman–Crippen MR) is 99.3 cm³/mol. The molecule has 0 aliphatic heterocycles. The van der Waals surface area contributed by atoms with Crippen LogP contribution >= 0.6 is 0 Å². The molecule has 0 spiro atoms. The molecule has 1 unspecified atom stereocenters. The first-order valence-electron chi connectivity index (χ1n) is 8.44. The van der Waals surface area contributed by atoms with E-state index >= 15 is 0 Å². The van der Waals surface area contributed by atoms with E-state index in [1.807, 2.05) is 25.6 Å². The second-order valence-corrected chi connectivity index (χ2v) is 8.49. The first-order valence-corrected chi connectivity index (χ1v) is 10.3. The van der Waals surface area contributed by atoms with Crippen LogP contribution in [0, 0.1) is 13.8 Å². The second-order valence-electron chi connectivity index (χ2n) is 6.02. The highest BCUT2D eigenvalue weighted by molar-refractivity contribution is 7.91. The Kier molecular flexibility index (Phi) is 7.72. The van der Waals surface area contributed by atoms with Gasteiger partial charge in [-0.25, -0.2) is 8.42 Å². The molecule has 0 amide bonds. The van der Waals surface area contributed by atoms with Crippen LogP contribution in [-0.4, -0.2) is 54.8 Å². The number of sulfone groups is 1. The number of guanidine groups is 1. The van der Waals surface area contributed by atoms with Gasteiger partial charge in [0.25, 0.3) is 0 Å². The Bertz CT molecular complexity index is 664. The van der Waals surface area contributed by atoms with Crippen LogP contribution < -0.4 is 10.6 Å². The molecule has 138 valence electrons. The first kappa shape index (κ1) is 20.5. The van der Waals surface area contributed by atoms with E-state index in [0.29, 0.717) is 5.96 Å². The third kappa shape index (κ3) is 6.14. The van der Waals surface area contributed by atoms with E-state index in [4.69, 9.17) is 0 Å². The zero-order chi connectivity index (χ0) is 18.3. The van der Waals surface area contributed by atoms with Crippen molar-refractivity contribution in [1.82, 2.24) is 20.4 Å². The van der Waals surface area contributed by atoms with Gasteiger partial charge in [-0.15, -0.1) is 0 Å². The Morgan fingerprint density at radius 3 is 2.50 bits per heavy atom. The van der Waals surface area contributed by atoms with Gasteiger partial charge in [0.05, 0.1) is 18.0 Å². The Morgan fingerprint density at radius 1 is 1.33 bits per heavy atom. The van der Waals surface area contributed by atoms with Crippen molar-refractivity contribution in [2.75, 3.05) is 24.6 Å². The molecule has 0 aliphatic carbocycles. The van der Waals surface area contributed by atoms with Crippen LogP contribution in [0.5, 0.6) is 0 Å². The molecule has 0 aromatic carbocycles. The molecule has 1 heterocycles. The summed E-state index contributed by atoms with van der Waals surface area (Å²) in [6, 6.07) is 0.159. The quantitative estimate of drug-likeness (QED) is 0.534. The van der Waals surface area contributed by atoms with E-state index in [9.17, 15) is 8.42 Å². The molecule has 0 saturated heterocycles. The Labute approximate surface area is 145 Å². The maximum atomic E-state index is 11.6. The molecule has 0 aliphatic rings. The summed E-state index contributed by atoms with van der Waals surface area (Å²) in [7, 11) is -1.04. The Morgan fingerprint density at radius 2 is 2.00 bits per heavy atom. The highest BCUT2D eigenvalue weighted by Crippen LogP contribution is 2.14. The lowest BCUT2D eigenvalue weighted by molar-refractivity contribution is 0.596. The topological polar surface area (TPSA) is 88.4 Å². The summed E-state index contributed by atoms with van der Waals surface area (Å²) in [6.07, 6.45) is 0.836. The standard InChI is InChI=1S/C16H31N5O2S/c1-7-17-16(18-9-10-24(22,23)8-2)19-12(3)11-15-13(4)20-21(6)14(15)5/h12H,7-11H2,1-6H3,(H2,17,18,19). The summed E-state index contributed by atoms with van der Waals surface area (Å²) >= 11 is 0. The fourth-order valence-electron chi connectivity index (χ4n) is 2.46. The SMILES string of the molecule is CCNC(=NCCS(=O)(=O)CC)NC(C)Cc1c(C)nn(C)c1C.